The van der Waals surface area contributed by atoms with Crippen LogP contribution in [0.2, 0.25) is 0 Å². The van der Waals surface area contributed by atoms with Gasteiger partial charge in [-0.1, -0.05) is 50.8 Å². The lowest BCUT2D eigenvalue weighted by Crippen LogP contribution is -2.33. The Bertz CT molecular complexity index is 458. The van der Waals surface area contributed by atoms with Crippen LogP contribution in [0.3, 0.4) is 0 Å². The minimum Gasteiger partial charge on any atom is -0.384 e. The molecule has 0 fully saturated rings. The van der Waals surface area contributed by atoms with Crippen LogP contribution in [0.15, 0.2) is 24.3 Å². The fourth-order valence-electron chi connectivity index (χ4n) is 3.05. The Morgan fingerprint density at radius 3 is 2.95 bits per heavy atom. The van der Waals surface area contributed by atoms with Crippen LogP contribution in [0.4, 0.5) is 5.69 Å². The summed E-state index contributed by atoms with van der Waals surface area (Å²) < 4.78 is 0. The first-order valence-electron chi connectivity index (χ1n) is 8.33. The molecule has 1 heterocycles. The Balaban J connectivity index is 1.73. The highest BCUT2D eigenvalue weighted by molar-refractivity contribution is 5.78. The van der Waals surface area contributed by atoms with Gasteiger partial charge >= 0.3 is 0 Å². The first-order chi connectivity index (χ1) is 10.2. The Hall–Kier alpha value is -1.51. The zero-order valence-electron chi connectivity index (χ0n) is 13.3. The Morgan fingerprint density at radius 1 is 1.33 bits per heavy atom. The van der Waals surface area contributed by atoms with Crippen molar-refractivity contribution >= 4 is 11.6 Å². The van der Waals surface area contributed by atoms with Crippen molar-refractivity contribution in [2.75, 3.05) is 11.9 Å². The smallest absolute Gasteiger partial charge is 0.220 e. The average Bonchev–Trinajstić information content (AvgIpc) is 2.87. The first kappa shape index (κ1) is 15.9. The second kappa shape index (κ2) is 8.06. The molecular weight excluding hydrogens is 260 g/mol. The van der Waals surface area contributed by atoms with Gasteiger partial charge < -0.3 is 10.6 Å². The molecule has 0 radical (unpaired) electrons. The predicted molar refractivity (Wildman–Crippen MR) is 88.7 cm³/mol. The molecule has 0 bridgehead atoms. The Labute approximate surface area is 128 Å². The topological polar surface area (TPSA) is 41.1 Å². The molecule has 2 rings (SSSR count). The van der Waals surface area contributed by atoms with E-state index < -0.39 is 0 Å². The van der Waals surface area contributed by atoms with E-state index in [1.807, 2.05) is 12.1 Å². The fourth-order valence-corrected chi connectivity index (χ4v) is 3.05. The van der Waals surface area contributed by atoms with Gasteiger partial charge in [-0.15, -0.1) is 0 Å². The highest BCUT2D eigenvalue weighted by Gasteiger charge is 2.24. The minimum absolute atomic E-state index is 0.182. The van der Waals surface area contributed by atoms with E-state index in [4.69, 9.17) is 0 Å². The van der Waals surface area contributed by atoms with Crippen LogP contribution < -0.4 is 10.6 Å². The van der Waals surface area contributed by atoms with Gasteiger partial charge in [0.25, 0.3) is 0 Å². The highest BCUT2D eigenvalue weighted by Crippen LogP contribution is 2.33. The van der Waals surface area contributed by atoms with Crippen molar-refractivity contribution in [2.45, 2.75) is 64.3 Å². The normalized spacial score (nSPS) is 17.9. The number of carbonyl (C=O) groups excluding carboxylic acids is 1. The van der Waals surface area contributed by atoms with Crippen LogP contribution in [0.5, 0.6) is 0 Å². The van der Waals surface area contributed by atoms with Gasteiger partial charge in [0.15, 0.2) is 0 Å². The Kier molecular flexibility index (Phi) is 6.09. The number of fused-ring (bicyclic) bond motifs is 1. The first-order valence-corrected chi connectivity index (χ1v) is 8.33. The molecule has 2 unspecified atom stereocenters. The number of rotatable bonds is 8. The zero-order valence-corrected chi connectivity index (χ0v) is 13.3. The minimum atomic E-state index is 0.182. The number of amides is 1. The lowest BCUT2D eigenvalue weighted by atomic mass is 9.97. The number of unbranched alkanes of at least 4 members (excludes halogenated alkanes) is 3. The number of hydrogen-bond donors (Lipinski definition) is 2. The molecule has 1 aromatic carbocycles. The molecule has 2 N–H and O–H groups in total. The quantitative estimate of drug-likeness (QED) is 0.708. The molecule has 1 amide bonds. The van der Waals surface area contributed by atoms with Gasteiger partial charge in [-0.2, -0.15) is 0 Å². The lowest BCUT2D eigenvalue weighted by molar-refractivity contribution is -0.122. The van der Waals surface area contributed by atoms with Gasteiger partial charge in [-0.3, -0.25) is 4.79 Å². The monoisotopic (exact) mass is 288 g/mol. The van der Waals surface area contributed by atoms with Crippen molar-refractivity contribution in [3.05, 3.63) is 29.8 Å². The average molecular weight is 288 g/mol. The van der Waals surface area contributed by atoms with Crippen LogP contribution in [0, 0.1) is 0 Å². The van der Waals surface area contributed by atoms with Crippen molar-refractivity contribution in [1.29, 1.82) is 0 Å². The van der Waals surface area contributed by atoms with Gasteiger partial charge in [0, 0.05) is 30.6 Å². The highest BCUT2D eigenvalue weighted by atomic mass is 16.1. The number of hydrogen-bond acceptors (Lipinski definition) is 2. The molecule has 1 aliphatic rings. The van der Waals surface area contributed by atoms with E-state index in [2.05, 4.69) is 36.6 Å². The maximum Gasteiger partial charge on any atom is 0.220 e. The fraction of sp³-hybridized carbons (Fsp3) is 0.611. The van der Waals surface area contributed by atoms with Gasteiger partial charge in [0.05, 0.1) is 0 Å². The van der Waals surface area contributed by atoms with Gasteiger partial charge in [-0.05, 0) is 25.0 Å². The molecule has 1 aliphatic heterocycles. The molecule has 0 saturated carbocycles. The molecule has 21 heavy (non-hydrogen) atoms. The summed E-state index contributed by atoms with van der Waals surface area (Å²) in [5.41, 5.74) is 2.46. The van der Waals surface area contributed by atoms with E-state index >= 15 is 0 Å². The molecule has 1 aromatic rings. The number of carbonyl (C=O) groups is 1. The summed E-state index contributed by atoms with van der Waals surface area (Å²) in [6, 6.07) is 8.59. The molecule has 0 aromatic heterocycles. The van der Waals surface area contributed by atoms with E-state index in [9.17, 15) is 4.79 Å². The summed E-state index contributed by atoms with van der Waals surface area (Å²) in [4.78, 5) is 12.2. The van der Waals surface area contributed by atoms with E-state index in [1.54, 1.807) is 0 Å². The summed E-state index contributed by atoms with van der Waals surface area (Å²) in [5.74, 6) is 0.495. The molecule has 3 heteroatoms. The number of benzene rings is 1. The largest absolute Gasteiger partial charge is 0.384 e. The molecule has 2 atom stereocenters. The van der Waals surface area contributed by atoms with E-state index in [1.165, 1.54) is 36.9 Å². The summed E-state index contributed by atoms with van der Waals surface area (Å²) in [5, 5.41) is 6.52. The summed E-state index contributed by atoms with van der Waals surface area (Å²) in [6.07, 6.45) is 6.72. The third kappa shape index (κ3) is 4.76. The van der Waals surface area contributed by atoms with Crippen molar-refractivity contribution in [2.24, 2.45) is 0 Å². The van der Waals surface area contributed by atoms with Crippen LogP contribution >= 0.6 is 0 Å². The van der Waals surface area contributed by atoms with E-state index in [-0.39, 0.29) is 5.91 Å². The maximum absolute atomic E-state index is 12.2. The van der Waals surface area contributed by atoms with E-state index in [0.717, 1.165) is 13.0 Å². The number of anilines is 1. The zero-order chi connectivity index (χ0) is 15.1. The van der Waals surface area contributed by atoms with Crippen LogP contribution in [-0.4, -0.2) is 18.5 Å². The summed E-state index contributed by atoms with van der Waals surface area (Å²) >= 11 is 0. The molecule has 0 saturated heterocycles. The van der Waals surface area contributed by atoms with E-state index in [0.29, 0.717) is 18.4 Å². The third-order valence-corrected chi connectivity index (χ3v) is 4.27. The van der Waals surface area contributed by atoms with Gasteiger partial charge in [0.1, 0.15) is 0 Å². The predicted octanol–water partition coefficient (Wildman–Crippen LogP) is 4.06. The third-order valence-electron chi connectivity index (χ3n) is 4.27. The molecule has 0 aliphatic carbocycles. The van der Waals surface area contributed by atoms with Crippen molar-refractivity contribution in [3.8, 4) is 0 Å². The standard InChI is InChI=1S/C18H28N2O/c1-3-4-5-6-9-14(2)20-18(21)12-15-13-19-17-11-8-7-10-16(15)17/h7-8,10-11,14-15,19H,3-6,9,12-13H2,1-2H3,(H,20,21). The second-order valence-electron chi connectivity index (χ2n) is 6.19. The molecular formula is C18H28N2O. The van der Waals surface area contributed by atoms with Crippen molar-refractivity contribution in [3.63, 3.8) is 0 Å². The maximum atomic E-state index is 12.2. The summed E-state index contributed by atoms with van der Waals surface area (Å²) in [7, 11) is 0. The number of nitrogens with one attached hydrogen (secondary N) is 2. The lowest BCUT2D eigenvalue weighted by Gasteiger charge is -2.16. The van der Waals surface area contributed by atoms with Gasteiger partial charge in [0.2, 0.25) is 5.91 Å². The van der Waals surface area contributed by atoms with Crippen LogP contribution in [0.1, 0.15) is 63.9 Å². The SMILES string of the molecule is CCCCCCC(C)NC(=O)CC1CNc2ccccc21. The summed E-state index contributed by atoms with van der Waals surface area (Å²) in [6.45, 7) is 5.21. The molecule has 116 valence electrons. The number of para-hydroxylation sites is 1. The van der Waals surface area contributed by atoms with Crippen molar-refractivity contribution < 1.29 is 4.79 Å². The molecule has 0 spiro atoms. The second-order valence-corrected chi connectivity index (χ2v) is 6.19. The van der Waals surface area contributed by atoms with Crippen LogP contribution in [-0.2, 0) is 4.79 Å². The van der Waals surface area contributed by atoms with Crippen LogP contribution in [0.25, 0.3) is 0 Å². The Morgan fingerprint density at radius 2 is 2.14 bits per heavy atom. The van der Waals surface area contributed by atoms with Gasteiger partial charge in [-0.25, -0.2) is 0 Å². The molecule has 3 nitrogen and oxygen atoms in total. The van der Waals surface area contributed by atoms with Crippen molar-refractivity contribution in [1.82, 2.24) is 5.32 Å².